The largest absolute Gasteiger partial charge is 0.496 e. The van der Waals surface area contributed by atoms with Gasteiger partial charge in [0.05, 0.1) is 12.7 Å². The molecule has 1 aromatic heterocycles. The van der Waals surface area contributed by atoms with Gasteiger partial charge in [0.15, 0.2) is 0 Å². The third-order valence-corrected chi connectivity index (χ3v) is 2.50. The number of hydrogen-bond donors (Lipinski definition) is 1. The smallest absolute Gasteiger partial charge is 0.138 e. The van der Waals surface area contributed by atoms with E-state index in [4.69, 9.17) is 14.9 Å². The number of benzene rings is 1. The normalized spacial score (nSPS) is 10.4. The maximum absolute atomic E-state index is 5.76. The molecule has 0 radical (unpaired) electrons. The van der Waals surface area contributed by atoms with Crippen LogP contribution in [0.2, 0.25) is 0 Å². The van der Waals surface area contributed by atoms with E-state index in [1.54, 1.807) is 7.11 Å². The van der Waals surface area contributed by atoms with Crippen molar-refractivity contribution in [3.8, 4) is 17.1 Å². The SMILES string of the molecule is CCc1ccc(-c2cc(N)ccc2OC)o1. The molecule has 0 bridgehead atoms. The van der Waals surface area contributed by atoms with Crippen LogP contribution in [-0.2, 0) is 6.42 Å². The molecule has 16 heavy (non-hydrogen) atoms. The zero-order valence-corrected chi connectivity index (χ0v) is 9.49. The molecule has 0 amide bonds. The summed E-state index contributed by atoms with van der Waals surface area (Å²) >= 11 is 0. The fraction of sp³-hybridized carbons (Fsp3) is 0.231. The highest BCUT2D eigenvalue weighted by Gasteiger charge is 2.10. The highest BCUT2D eigenvalue weighted by molar-refractivity contribution is 5.70. The molecule has 0 aliphatic carbocycles. The predicted molar refractivity (Wildman–Crippen MR) is 64.5 cm³/mol. The summed E-state index contributed by atoms with van der Waals surface area (Å²) in [6.45, 7) is 2.05. The number of ether oxygens (including phenoxy) is 1. The number of nitrogens with two attached hydrogens (primary N) is 1. The van der Waals surface area contributed by atoms with Gasteiger partial charge in [0.2, 0.25) is 0 Å². The van der Waals surface area contributed by atoms with Gasteiger partial charge in [-0.1, -0.05) is 6.92 Å². The molecule has 3 nitrogen and oxygen atoms in total. The van der Waals surface area contributed by atoms with E-state index in [0.29, 0.717) is 5.69 Å². The Morgan fingerprint density at radius 3 is 2.69 bits per heavy atom. The Morgan fingerprint density at radius 2 is 2.06 bits per heavy atom. The van der Waals surface area contributed by atoms with E-state index in [1.807, 2.05) is 30.3 Å². The second-order valence-corrected chi connectivity index (χ2v) is 3.58. The molecule has 84 valence electrons. The molecule has 0 saturated carbocycles. The molecule has 2 rings (SSSR count). The minimum absolute atomic E-state index is 0.699. The fourth-order valence-corrected chi connectivity index (χ4v) is 1.63. The molecule has 2 N–H and O–H groups in total. The van der Waals surface area contributed by atoms with Gasteiger partial charge in [0.1, 0.15) is 17.3 Å². The van der Waals surface area contributed by atoms with Gasteiger partial charge in [-0.15, -0.1) is 0 Å². The number of methoxy groups -OCH3 is 1. The van der Waals surface area contributed by atoms with Crippen molar-refractivity contribution in [3.63, 3.8) is 0 Å². The molecule has 1 aromatic carbocycles. The number of anilines is 1. The molecule has 0 spiro atoms. The first kappa shape index (κ1) is 10.6. The van der Waals surface area contributed by atoms with Gasteiger partial charge in [-0.25, -0.2) is 0 Å². The average molecular weight is 217 g/mol. The van der Waals surface area contributed by atoms with Gasteiger partial charge < -0.3 is 14.9 Å². The van der Waals surface area contributed by atoms with Crippen LogP contribution in [0.3, 0.4) is 0 Å². The second-order valence-electron chi connectivity index (χ2n) is 3.58. The maximum Gasteiger partial charge on any atom is 0.138 e. The van der Waals surface area contributed by atoms with Gasteiger partial charge in [-0.2, -0.15) is 0 Å². The summed E-state index contributed by atoms with van der Waals surface area (Å²) in [5.41, 5.74) is 7.35. The molecule has 0 aliphatic heterocycles. The standard InChI is InChI=1S/C13H15NO2/c1-3-10-5-7-13(16-10)11-8-9(14)4-6-12(11)15-2/h4-8H,3,14H2,1-2H3. The molecule has 1 heterocycles. The van der Waals surface area contributed by atoms with Gasteiger partial charge in [-0.3, -0.25) is 0 Å². The van der Waals surface area contributed by atoms with Crippen molar-refractivity contribution in [3.05, 3.63) is 36.1 Å². The van der Waals surface area contributed by atoms with E-state index >= 15 is 0 Å². The predicted octanol–water partition coefficient (Wildman–Crippen LogP) is 3.10. The molecule has 0 aliphatic rings. The van der Waals surface area contributed by atoms with Crippen LogP contribution < -0.4 is 10.5 Å². The lowest BCUT2D eigenvalue weighted by atomic mass is 10.1. The Morgan fingerprint density at radius 1 is 1.25 bits per heavy atom. The fourth-order valence-electron chi connectivity index (χ4n) is 1.63. The van der Waals surface area contributed by atoms with E-state index in [9.17, 15) is 0 Å². The summed E-state index contributed by atoms with van der Waals surface area (Å²) in [6, 6.07) is 9.43. The number of furan rings is 1. The van der Waals surface area contributed by atoms with E-state index in [1.165, 1.54) is 0 Å². The lowest BCUT2D eigenvalue weighted by Crippen LogP contribution is -1.90. The van der Waals surface area contributed by atoms with Crippen molar-refractivity contribution in [1.29, 1.82) is 0 Å². The van der Waals surface area contributed by atoms with Gasteiger partial charge in [-0.05, 0) is 30.3 Å². The Labute approximate surface area is 94.8 Å². The molecule has 3 heteroatoms. The minimum Gasteiger partial charge on any atom is -0.496 e. The molecule has 0 atom stereocenters. The Hall–Kier alpha value is -1.90. The van der Waals surface area contributed by atoms with Gasteiger partial charge in [0.25, 0.3) is 0 Å². The van der Waals surface area contributed by atoms with Crippen LogP contribution in [0.5, 0.6) is 5.75 Å². The van der Waals surface area contributed by atoms with Crippen molar-refractivity contribution in [1.82, 2.24) is 0 Å². The van der Waals surface area contributed by atoms with Crippen molar-refractivity contribution >= 4 is 5.69 Å². The van der Waals surface area contributed by atoms with Crippen LogP contribution in [0.4, 0.5) is 5.69 Å². The number of rotatable bonds is 3. The van der Waals surface area contributed by atoms with E-state index in [-0.39, 0.29) is 0 Å². The second kappa shape index (κ2) is 4.31. The molecular formula is C13H15NO2. The monoisotopic (exact) mass is 217 g/mol. The molecule has 0 fully saturated rings. The highest BCUT2D eigenvalue weighted by atomic mass is 16.5. The zero-order valence-electron chi connectivity index (χ0n) is 9.49. The highest BCUT2D eigenvalue weighted by Crippen LogP contribution is 2.32. The third kappa shape index (κ3) is 1.89. The minimum atomic E-state index is 0.699. The lowest BCUT2D eigenvalue weighted by Gasteiger charge is -2.06. The summed E-state index contributed by atoms with van der Waals surface area (Å²) in [7, 11) is 1.64. The van der Waals surface area contributed by atoms with Crippen LogP contribution in [0.25, 0.3) is 11.3 Å². The Balaban J connectivity index is 2.49. The van der Waals surface area contributed by atoms with Crippen molar-refractivity contribution in [2.75, 3.05) is 12.8 Å². The average Bonchev–Trinajstić information content (AvgIpc) is 2.77. The summed E-state index contributed by atoms with van der Waals surface area (Å²) in [5.74, 6) is 2.52. The molecule has 0 unspecified atom stereocenters. The molecule has 0 saturated heterocycles. The van der Waals surface area contributed by atoms with E-state index in [2.05, 4.69) is 6.92 Å². The quantitative estimate of drug-likeness (QED) is 0.803. The van der Waals surface area contributed by atoms with Crippen molar-refractivity contribution < 1.29 is 9.15 Å². The summed E-state index contributed by atoms with van der Waals surface area (Å²) in [4.78, 5) is 0. The Kier molecular flexibility index (Phi) is 2.86. The third-order valence-electron chi connectivity index (χ3n) is 2.50. The first-order valence-corrected chi connectivity index (χ1v) is 5.27. The van der Waals surface area contributed by atoms with E-state index in [0.717, 1.165) is 29.3 Å². The van der Waals surface area contributed by atoms with Crippen LogP contribution in [-0.4, -0.2) is 7.11 Å². The van der Waals surface area contributed by atoms with Crippen molar-refractivity contribution in [2.24, 2.45) is 0 Å². The summed E-state index contributed by atoms with van der Waals surface area (Å²) < 4.78 is 11.0. The van der Waals surface area contributed by atoms with Crippen LogP contribution in [0.1, 0.15) is 12.7 Å². The first-order chi connectivity index (χ1) is 7.74. The lowest BCUT2D eigenvalue weighted by molar-refractivity contribution is 0.414. The number of hydrogen-bond acceptors (Lipinski definition) is 3. The number of nitrogen functional groups attached to an aromatic ring is 1. The zero-order chi connectivity index (χ0) is 11.5. The van der Waals surface area contributed by atoms with Crippen LogP contribution in [0.15, 0.2) is 34.7 Å². The first-order valence-electron chi connectivity index (χ1n) is 5.27. The van der Waals surface area contributed by atoms with Crippen LogP contribution in [0, 0.1) is 0 Å². The summed E-state index contributed by atoms with van der Waals surface area (Å²) in [5, 5.41) is 0. The van der Waals surface area contributed by atoms with E-state index < -0.39 is 0 Å². The number of aryl methyl sites for hydroxylation is 1. The Bertz CT molecular complexity index is 488. The van der Waals surface area contributed by atoms with Gasteiger partial charge >= 0.3 is 0 Å². The molecular weight excluding hydrogens is 202 g/mol. The van der Waals surface area contributed by atoms with Crippen LogP contribution >= 0.6 is 0 Å². The summed E-state index contributed by atoms with van der Waals surface area (Å²) in [6.07, 6.45) is 0.880. The molecule has 2 aromatic rings. The maximum atomic E-state index is 5.76. The topological polar surface area (TPSA) is 48.4 Å². The van der Waals surface area contributed by atoms with Crippen molar-refractivity contribution in [2.45, 2.75) is 13.3 Å². The van der Waals surface area contributed by atoms with Gasteiger partial charge in [0, 0.05) is 12.1 Å².